The molecule has 3 aliphatic heterocycles. The van der Waals surface area contributed by atoms with Crippen LogP contribution >= 0.6 is 0 Å². The van der Waals surface area contributed by atoms with Gasteiger partial charge < -0.3 is 19.5 Å². The number of benzene rings is 1. The summed E-state index contributed by atoms with van der Waals surface area (Å²) in [5.74, 6) is 0.0981. The number of ether oxygens (including phenoxy) is 2. The van der Waals surface area contributed by atoms with E-state index in [0.717, 1.165) is 68.6 Å². The van der Waals surface area contributed by atoms with Gasteiger partial charge in [0.15, 0.2) is 0 Å². The number of aliphatic hydroxyl groups is 1. The molecule has 2 aromatic rings. The molecule has 1 aromatic carbocycles. The molecule has 7 heteroatoms. The topological polar surface area (TPSA) is 76.8 Å². The highest BCUT2D eigenvalue weighted by molar-refractivity contribution is 5.94. The SMILES string of the molecule is Cn1nccc1-c1ccc(C(=O)N2CCC3(CC2)CO[C@@H]([C@@]2(C)CC[C@@H](C(C)(C)O)O2)C3)cc1. The van der Waals surface area contributed by atoms with Gasteiger partial charge in [-0.3, -0.25) is 9.48 Å². The van der Waals surface area contributed by atoms with Crippen molar-refractivity contribution in [2.45, 2.75) is 76.3 Å². The first kappa shape index (κ1) is 23.5. The van der Waals surface area contributed by atoms with Crippen LogP contribution in [0, 0.1) is 5.41 Å². The molecule has 0 aliphatic carbocycles. The Morgan fingerprint density at radius 3 is 2.44 bits per heavy atom. The maximum atomic E-state index is 13.2. The van der Waals surface area contributed by atoms with Gasteiger partial charge in [0.25, 0.3) is 5.91 Å². The van der Waals surface area contributed by atoms with E-state index in [4.69, 9.17) is 9.47 Å². The first-order valence-electron chi connectivity index (χ1n) is 12.5. The first-order chi connectivity index (χ1) is 16.1. The lowest BCUT2D eigenvalue weighted by atomic mass is 9.74. The average Bonchev–Trinajstić information content (AvgIpc) is 3.53. The van der Waals surface area contributed by atoms with Crippen LogP contribution in [0.1, 0.15) is 63.2 Å². The maximum absolute atomic E-state index is 13.2. The Balaban J connectivity index is 1.18. The van der Waals surface area contributed by atoms with Gasteiger partial charge in [0.05, 0.1) is 35.7 Å². The van der Waals surface area contributed by atoms with Crippen LogP contribution in [0.5, 0.6) is 0 Å². The lowest BCUT2D eigenvalue weighted by Gasteiger charge is -2.39. The second kappa shape index (κ2) is 8.47. The molecule has 5 rings (SSSR count). The van der Waals surface area contributed by atoms with Crippen LogP contribution in [0.4, 0.5) is 0 Å². The molecular formula is C27H37N3O4. The Kier molecular flexibility index (Phi) is 5.86. The number of amides is 1. The minimum absolute atomic E-state index is 0.0432. The zero-order chi connectivity index (χ0) is 24.1. The second-order valence-corrected chi connectivity index (χ2v) is 11.3. The molecule has 4 heterocycles. The molecule has 3 fully saturated rings. The lowest BCUT2D eigenvalue weighted by Crippen LogP contribution is -2.45. The highest BCUT2D eigenvalue weighted by atomic mass is 16.6. The number of piperidine rings is 1. The molecule has 3 aliphatic rings. The van der Waals surface area contributed by atoms with E-state index in [1.165, 1.54) is 0 Å². The van der Waals surface area contributed by atoms with Gasteiger partial charge in [-0.1, -0.05) is 12.1 Å². The summed E-state index contributed by atoms with van der Waals surface area (Å²) in [6.07, 6.45) is 6.30. The van der Waals surface area contributed by atoms with E-state index in [2.05, 4.69) is 12.0 Å². The average molecular weight is 468 g/mol. The number of likely N-dealkylation sites (tertiary alicyclic amines) is 1. The van der Waals surface area contributed by atoms with E-state index < -0.39 is 5.60 Å². The lowest BCUT2D eigenvalue weighted by molar-refractivity contribution is -0.155. The summed E-state index contributed by atoms with van der Waals surface area (Å²) in [4.78, 5) is 15.1. The molecule has 1 amide bonds. The fraction of sp³-hybridized carbons (Fsp3) is 0.630. The van der Waals surface area contributed by atoms with Crippen molar-refractivity contribution < 1.29 is 19.4 Å². The summed E-state index contributed by atoms with van der Waals surface area (Å²) in [6.45, 7) is 8.01. The predicted octanol–water partition coefficient (Wildman–Crippen LogP) is 3.81. The van der Waals surface area contributed by atoms with Crippen LogP contribution in [0.3, 0.4) is 0 Å². The number of carbonyl (C=O) groups is 1. The van der Waals surface area contributed by atoms with E-state index in [1.54, 1.807) is 6.20 Å². The van der Waals surface area contributed by atoms with Crippen molar-refractivity contribution >= 4 is 5.91 Å². The fourth-order valence-electron chi connectivity index (χ4n) is 5.93. The Hall–Kier alpha value is -2.22. The Morgan fingerprint density at radius 1 is 1.15 bits per heavy atom. The van der Waals surface area contributed by atoms with E-state index in [0.29, 0.717) is 0 Å². The van der Waals surface area contributed by atoms with Gasteiger partial charge in [-0.2, -0.15) is 5.10 Å². The van der Waals surface area contributed by atoms with Crippen molar-refractivity contribution in [3.05, 3.63) is 42.1 Å². The maximum Gasteiger partial charge on any atom is 0.253 e. The van der Waals surface area contributed by atoms with Crippen molar-refractivity contribution in [1.82, 2.24) is 14.7 Å². The van der Waals surface area contributed by atoms with E-state index in [1.807, 2.05) is 60.8 Å². The number of aromatic nitrogens is 2. The van der Waals surface area contributed by atoms with Gasteiger partial charge in [-0.05, 0) is 82.1 Å². The molecule has 1 spiro atoms. The van der Waals surface area contributed by atoms with Crippen LogP contribution in [-0.4, -0.2) is 68.8 Å². The summed E-state index contributed by atoms with van der Waals surface area (Å²) in [6, 6.07) is 9.80. The monoisotopic (exact) mass is 467 g/mol. The molecule has 1 N–H and O–H groups in total. The zero-order valence-electron chi connectivity index (χ0n) is 20.8. The largest absolute Gasteiger partial charge is 0.388 e. The fourth-order valence-corrected chi connectivity index (χ4v) is 5.93. The summed E-state index contributed by atoms with van der Waals surface area (Å²) in [7, 11) is 1.92. The molecule has 184 valence electrons. The van der Waals surface area contributed by atoms with E-state index >= 15 is 0 Å². The highest BCUT2D eigenvalue weighted by Crippen LogP contribution is 2.49. The van der Waals surface area contributed by atoms with Crippen molar-refractivity contribution in [2.24, 2.45) is 12.5 Å². The highest BCUT2D eigenvalue weighted by Gasteiger charge is 2.53. The van der Waals surface area contributed by atoms with Crippen molar-refractivity contribution in [3.63, 3.8) is 0 Å². The normalized spacial score (nSPS) is 29.1. The van der Waals surface area contributed by atoms with Gasteiger partial charge in [-0.15, -0.1) is 0 Å². The van der Waals surface area contributed by atoms with Gasteiger partial charge in [0, 0.05) is 31.9 Å². The van der Waals surface area contributed by atoms with Crippen LogP contribution in [0.15, 0.2) is 36.5 Å². The number of nitrogens with zero attached hydrogens (tertiary/aromatic N) is 3. The number of aryl methyl sites for hydroxylation is 1. The second-order valence-electron chi connectivity index (χ2n) is 11.3. The van der Waals surface area contributed by atoms with Crippen molar-refractivity contribution in [1.29, 1.82) is 0 Å². The Morgan fingerprint density at radius 2 is 1.85 bits per heavy atom. The number of hydrogen-bond acceptors (Lipinski definition) is 5. The van der Waals surface area contributed by atoms with Gasteiger partial charge in [-0.25, -0.2) is 0 Å². The number of carbonyl (C=O) groups excluding carboxylic acids is 1. The van der Waals surface area contributed by atoms with Gasteiger partial charge >= 0.3 is 0 Å². The molecular weight excluding hydrogens is 430 g/mol. The minimum Gasteiger partial charge on any atom is -0.388 e. The molecule has 1 aromatic heterocycles. The molecule has 34 heavy (non-hydrogen) atoms. The Labute approximate surface area is 202 Å². The third kappa shape index (κ3) is 4.30. The summed E-state index contributed by atoms with van der Waals surface area (Å²) in [5.41, 5.74) is 1.74. The van der Waals surface area contributed by atoms with Crippen LogP contribution in [0.25, 0.3) is 11.3 Å². The van der Waals surface area contributed by atoms with E-state index in [9.17, 15) is 9.90 Å². The quantitative estimate of drug-likeness (QED) is 0.740. The van der Waals surface area contributed by atoms with Crippen molar-refractivity contribution in [3.8, 4) is 11.3 Å². The molecule has 0 saturated carbocycles. The first-order valence-corrected chi connectivity index (χ1v) is 12.5. The molecule has 0 bridgehead atoms. The number of rotatable bonds is 4. The third-order valence-corrected chi connectivity index (χ3v) is 8.35. The Bertz CT molecular complexity index is 1030. The zero-order valence-corrected chi connectivity index (χ0v) is 20.8. The minimum atomic E-state index is -0.838. The summed E-state index contributed by atoms with van der Waals surface area (Å²) >= 11 is 0. The molecule has 7 nitrogen and oxygen atoms in total. The summed E-state index contributed by atoms with van der Waals surface area (Å²) in [5, 5.41) is 14.6. The molecule has 0 radical (unpaired) electrons. The predicted molar refractivity (Wildman–Crippen MR) is 129 cm³/mol. The standard InChI is InChI=1S/C27H37N3O4/c1-25(2,32)22-9-11-26(3,34-22)23-17-27(18-33-23)12-15-30(16-13-27)24(31)20-7-5-19(6-8-20)21-10-14-28-29(21)4/h5-8,10,14,22-23,32H,9,11-13,15-18H2,1-4H3/t22-,23+,26+/m0/s1. The van der Waals surface area contributed by atoms with E-state index in [-0.39, 0.29) is 29.1 Å². The smallest absolute Gasteiger partial charge is 0.253 e. The molecule has 3 atom stereocenters. The van der Waals surface area contributed by atoms with Gasteiger partial charge in [0.2, 0.25) is 0 Å². The third-order valence-electron chi connectivity index (χ3n) is 8.35. The van der Waals surface area contributed by atoms with Crippen LogP contribution in [-0.2, 0) is 16.5 Å². The molecule has 3 saturated heterocycles. The number of hydrogen-bond donors (Lipinski definition) is 1. The van der Waals surface area contributed by atoms with Crippen LogP contribution in [0.2, 0.25) is 0 Å². The summed E-state index contributed by atoms with van der Waals surface area (Å²) < 4.78 is 14.5. The molecule has 0 unspecified atom stereocenters. The van der Waals surface area contributed by atoms with Gasteiger partial charge in [0.1, 0.15) is 0 Å². The van der Waals surface area contributed by atoms with Crippen molar-refractivity contribution in [2.75, 3.05) is 19.7 Å². The van der Waals surface area contributed by atoms with Crippen LogP contribution < -0.4 is 0 Å².